The van der Waals surface area contributed by atoms with E-state index in [4.69, 9.17) is 19.9 Å². The fraction of sp³-hybridized carbons (Fsp3) is 0.672. The first-order valence-corrected chi connectivity index (χ1v) is 33.9. The van der Waals surface area contributed by atoms with E-state index < -0.39 is 102 Å². The number of likely N-dealkylation sites (tertiary alicyclic amines) is 1. The van der Waals surface area contributed by atoms with Gasteiger partial charge in [-0.05, 0) is 113 Å². The van der Waals surface area contributed by atoms with Gasteiger partial charge in [0.25, 0.3) is 0 Å². The third kappa shape index (κ3) is 24.1. The Hall–Kier alpha value is -6.90. The lowest BCUT2D eigenvalue weighted by Gasteiger charge is -2.43. The molecule has 2 fully saturated rings. The number of nitrogens with zero attached hydrogens (tertiary/aromatic N) is 3. The minimum absolute atomic E-state index is 0.0215. The van der Waals surface area contributed by atoms with Gasteiger partial charge >= 0.3 is 12.1 Å². The molecule has 10 N–H and O–H groups in total. The summed E-state index contributed by atoms with van der Waals surface area (Å²) in [5.41, 5.74) is 5.27. The zero-order valence-electron chi connectivity index (χ0n) is 56.7. The van der Waals surface area contributed by atoms with Crippen molar-refractivity contribution in [3.8, 4) is 0 Å². The highest BCUT2D eigenvalue weighted by molar-refractivity contribution is 9.09. The van der Waals surface area contributed by atoms with Crippen LogP contribution >= 0.6 is 15.9 Å². The van der Waals surface area contributed by atoms with E-state index in [1.165, 1.54) is 21.3 Å². The topological polar surface area (TPSA) is 339 Å². The first kappa shape index (κ1) is 78.5. The third-order valence-electron chi connectivity index (χ3n) is 18.0. The zero-order chi connectivity index (χ0) is 69.1. The second-order valence-corrected chi connectivity index (χ2v) is 26.4. The Labute approximate surface area is 558 Å². The predicted molar refractivity (Wildman–Crippen MR) is 357 cm³/mol. The van der Waals surface area contributed by atoms with E-state index in [0.29, 0.717) is 62.0 Å². The van der Waals surface area contributed by atoms with Crippen LogP contribution in [0.2, 0.25) is 0 Å². The zero-order valence-corrected chi connectivity index (χ0v) is 58.3. The Bertz CT molecular complexity index is 2750. The van der Waals surface area contributed by atoms with Crippen molar-refractivity contribution in [2.75, 3.05) is 58.6 Å². The Morgan fingerprint density at radius 2 is 1.37 bits per heavy atom. The molecule has 10 atom stereocenters. The van der Waals surface area contributed by atoms with Crippen LogP contribution in [-0.2, 0) is 59.2 Å². The summed E-state index contributed by atoms with van der Waals surface area (Å²) in [4.78, 5) is 139. The number of unbranched alkanes of at least 4 members (excludes halogenated alkanes) is 2. The van der Waals surface area contributed by atoms with Crippen molar-refractivity contribution in [2.24, 2.45) is 29.4 Å². The SMILES string of the molecule is COC(CC(=O)N1CCCC1C(OC)C(C)C(=O)NC(C)C(O)c1ccccc1)C(C1CCCCC1)N(C)C(=O)C(NC(=O)C(C)(C)N(C)C(=O)OCc1ccc(NC(=O)C(CCCNC(N)=O)NC(=O)C(NC(=O)CCCCCNC(=O)CBr)C(C)C)cc1)C(C)C. The van der Waals surface area contributed by atoms with Crippen LogP contribution in [0.15, 0.2) is 54.6 Å². The van der Waals surface area contributed by atoms with Crippen LogP contribution in [-0.4, -0.2) is 186 Å². The number of carbonyl (C=O) groups excluding carboxylic acids is 10. The van der Waals surface area contributed by atoms with E-state index in [2.05, 4.69) is 53.1 Å². The molecule has 26 heteroatoms. The van der Waals surface area contributed by atoms with Gasteiger partial charge in [0, 0.05) is 60.1 Å². The molecule has 10 unspecified atom stereocenters. The van der Waals surface area contributed by atoms with Crippen molar-refractivity contribution in [1.82, 2.24) is 46.6 Å². The molecule has 93 heavy (non-hydrogen) atoms. The molecule has 25 nitrogen and oxygen atoms in total. The number of methoxy groups -OCH3 is 2. The van der Waals surface area contributed by atoms with Crippen LogP contribution in [0.1, 0.15) is 163 Å². The fourth-order valence-electron chi connectivity index (χ4n) is 12.1. The van der Waals surface area contributed by atoms with E-state index in [0.717, 1.165) is 37.0 Å². The largest absolute Gasteiger partial charge is 0.445 e. The number of aliphatic hydroxyl groups is 1. The standard InChI is InChI=1S/C67H106BrN11O14/c1-41(2)55(75-52(80)30-20-15-21-35-70-53(81)39-68)62(86)74-49(28-22-36-71-65(69)89)61(85)73-48-33-31-45(32-34-48)40-93-66(90)78(10)67(7,8)64(88)76-56(42(3)4)63(87)77(9)57(46-24-16-13-17-25-46)51(91-11)38-54(82)79-37-23-29-50(79)59(92-12)43(5)60(84)72-44(6)58(83)47-26-18-14-19-27-47/h14,18-19,26-27,31-34,41-44,46,49-51,55-59,83H,13,15-17,20-25,28-30,35-40H2,1-12H3,(H,70,81)(H,72,84)(H,73,85)(H,74,86)(H,75,80)(H,76,88)(H3,69,71,89). The van der Waals surface area contributed by atoms with Crippen molar-refractivity contribution in [3.05, 3.63) is 65.7 Å². The number of aliphatic hydroxyl groups excluding tert-OH is 1. The van der Waals surface area contributed by atoms with Crippen molar-refractivity contribution >= 4 is 81.0 Å². The van der Waals surface area contributed by atoms with E-state index in [9.17, 15) is 53.1 Å². The summed E-state index contributed by atoms with van der Waals surface area (Å²) in [6, 6.07) is 10.1. The average molecular weight is 1370 g/mol. The van der Waals surface area contributed by atoms with Crippen molar-refractivity contribution in [2.45, 2.75) is 212 Å². The summed E-state index contributed by atoms with van der Waals surface area (Å²) in [6.07, 6.45) is 5.04. The Kier molecular flexibility index (Phi) is 33.0. The highest BCUT2D eigenvalue weighted by Crippen LogP contribution is 2.35. The quantitative estimate of drug-likeness (QED) is 0.0279. The molecule has 11 amide bonds. The van der Waals surface area contributed by atoms with E-state index in [1.54, 1.807) is 94.8 Å². The lowest BCUT2D eigenvalue weighted by molar-refractivity contribution is -0.149. The molecule has 1 aliphatic carbocycles. The van der Waals surface area contributed by atoms with Gasteiger partial charge in [-0.2, -0.15) is 0 Å². The van der Waals surface area contributed by atoms with Crippen LogP contribution in [0.3, 0.4) is 0 Å². The summed E-state index contributed by atoms with van der Waals surface area (Å²) >= 11 is 3.10. The summed E-state index contributed by atoms with van der Waals surface area (Å²) in [7, 11) is 6.17. The van der Waals surface area contributed by atoms with Gasteiger partial charge in [0.05, 0.1) is 54.1 Å². The first-order valence-electron chi connectivity index (χ1n) is 32.8. The number of rotatable bonds is 37. The minimum atomic E-state index is -1.54. The number of halogens is 1. The number of benzene rings is 2. The molecular weight excluding hydrogens is 1260 g/mol. The number of likely N-dealkylation sites (N-methyl/N-ethyl adjacent to an activating group) is 2. The molecular formula is C67H106BrN11O14. The van der Waals surface area contributed by atoms with Gasteiger partial charge in [-0.15, -0.1) is 0 Å². The van der Waals surface area contributed by atoms with Gasteiger partial charge < -0.3 is 72.1 Å². The molecule has 4 rings (SSSR count). The molecule has 1 heterocycles. The molecule has 0 spiro atoms. The van der Waals surface area contributed by atoms with E-state index in [-0.39, 0.29) is 85.5 Å². The highest BCUT2D eigenvalue weighted by atomic mass is 79.9. The number of hydrogen-bond acceptors (Lipinski definition) is 14. The molecule has 0 aromatic heterocycles. The number of alkyl halides is 1. The van der Waals surface area contributed by atoms with Gasteiger partial charge in [-0.1, -0.05) is 119 Å². The number of carbonyl (C=O) groups is 10. The summed E-state index contributed by atoms with van der Waals surface area (Å²) in [6.45, 7) is 14.6. The van der Waals surface area contributed by atoms with Gasteiger partial charge in [-0.25, -0.2) is 9.59 Å². The predicted octanol–water partition coefficient (Wildman–Crippen LogP) is 5.95. The van der Waals surface area contributed by atoms with Crippen molar-refractivity contribution in [3.63, 3.8) is 0 Å². The average Bonchev–Trinajstić information content (AvgIpc) is 1.76. The molecule has 520 valence electrons. The molecule has 2 aromatic rings. The Morgan fingerprint density at radius 1 is 0.720 bits per heavy atom. The Morgan fingerprint density at radius 3 is 1.97 bits per heavy atom. The molecule has 0 radical (unpaired) electrons. The van der Waals surface area contributed by atoms with Crippen LogP contribution in [0, 0.1) is 23.7 Å². The van der Waals surface area contributed by atoms with Gasteiger partial charge in [-0.3, -0.25) is 43.3 Å². The third-order valence-corrected chi connectivity index (χ3v) is 18.5. The number of amides is 11. The second kappa shape index (κ2) is 39.1. The number of nitrogens with one attached hydrogen (secondary N) is 7. The van der Waals surface area contributed by atoms with E-state index in [1.807, 2.05) is 32.0 Å². The molecule has 2 aliphatic rings. The molecule has 2 aromatic carbocycles. The van der Waals surface area contributed by atoms with E-state index >= 15 is 0 Å². The smallest absolute Gasteiger partial charge is 0.410 e. The van der Waals surface area contributed by atoms with Crippen LogP contribution in [0.5, 0.6) is 0 Å². The first-order chi connectivity index (χ1) is 44.1. The number of hydrogen-bond donors (Lipinski definition) is 9. The maximum absolute atomic E-state index is 15.0. The van der Waals surface area contributed by atoms with Crippen LogP contribution in [0.25, 0.3) is 0 Å². The van der Waals surface area contributed by atoms with Crippen molar-refractivity contribution < 1.29 is 67.3 Å². The molecule has 1 saturated heterocycles. The lowest BCUT2D eigenvalue weighted by atomic mass is 9.80. The summed E-state index contributed by atoms with van der Waals surface area (Å²) in [5.74, 6) is -4.57. The molecule has 0 bridgehead atoms. The number of anilines is 1. The Balaban J connectivity index is 1.39. The summed E-state index contributed by atoms with van der Waals surface area (Å²) in [5, 5.41) is 30.7. The van der Waals surface area contributed by atoms with Crippen LogP contribution in [0.4, 0.5) is 15.3 Å². The fourth-order valence-corrected chi connectivity index (χ4v) is 12.3. The van der Waals surface area contributed by atoms with Gasteiger partial charge in [0.15, 0.2) is 0 Å². The van der Waals surface area contributed by atoms with Gasteiger partial charge in [0.2, 0.25) is 47.3 Å². The monoisotopic (exact) mass is 1370 g/mol. The second-order valence-electron chi connectivity index (χ2n) is 25.9. The maximum Gasteiger partial charge on any atom is 0.410 e. The van der Waals surface area contributed by atoms with Crippen molar-refractivity contribution in [1.29, 1.82) is 0 Å². The number of primary amides is 1. The highest BCUT2D eigenvalue weighted by Gasteiger charge is 2.46. The minimum Gasteiger partial charge on any atom is -0.445 e. The van der Waals surface area contributed by atoms with Crippen LogP contribution < -0.4 is 43.0 Å². The molecule has 1 saturated carbocycles. The normalized spacial score (nSPS) is 17.2. The maximum atomic E-state index is 15.0. The summed E-state index contributed by atoms with van der Waals surface area (Å²) < 4.78 is 17.9. The molecule has 1 aliphatic heterocycles. The van der Waals surface area contributed by atoms with Gasteiger partial charge in [0.1, 0.15) is 30.3 Å². The number of ether oxygens (including phenoxy) is 3. The lowest BCUT2D eigenvalue weighted by Crippen LogP contribution is -2.62. The number of nitrogens with two attached hydrogens (primary N) is 1. The number of urea groups is 1.